The van der Waals surface area contributed by atoms with E-state index in [-0.39, 0.29) is 70.2 Å². The third-order valence-electron chi connectivity index (χ3n) is 0. The fraction of sp³-hybridized carbons (Fsp3) is 0. The second-order valence-corrected chi connectivity index (χ2v) is 0. The third kappa shape index (κ3) is 8.96. The first kappa shape index (κ1) is 36.5. The van der Waals surface area contributed by atoms with Gasteiger partial charge in [-0.3, -0.25) is 0 Å². The summed E-state index contributed by atoms with van der Waals surface area (Å²) >= 11 is 0. The quantitative estimate of drug-likeness (QED) is 0.478. The topological polar surface area (TPSA) is 31.5 Å². The van der Waals surface area contributed by atoms with Crippen molar-refractivity contribution in [2.24, 2.45) is 0 Å². The van der Waals surface area contributed by atoms with Crippen molar-refractivity contribution in [1.82, 2.24) is 0 Å². The zero-order valence-corrected chi connectivity index (χ0v) is 9.34. The molecule has 0 fully saturated rings. The Morgan fingerprint density at radius 1 is 1.00 bits per heavy atom. The SMILES string of the molecule is O.[In].[Ni].[Ta]. The van der Waals surface area contributed by atoms with Gasteiger partial charge in [0.05, 0.1) is 0 Å². The summed E-state index contributed by atoms with van der Waals surface area (Å²) in [6, 6.07) is 0. The zero-order valence-electron chi connectivity index (χ0n) is 1.84. The second kappa shape index (κ2) is 19.6. The molecule has 0 aliphatic rings. The van der Waals surface area contributed by atoms with Gasteiger partial charge in [0, 0.05) is 64.7 Å². The third-order valence-corrected chi connectivity index (χ3v) is 0. The first-order valence-corrected chi connectivity index (χ1v) is 0. The predicted octanol–water partition coefficient (Wildman–Crippen LogP) is -1.21. The van der Waals surface area contributed by atoms with Gasteiger partial charge >= 0.3 is 0 Å². The second-order valence-electron chi connectivity index (χ2n) is 0. The molecule has 0 amide bonds. The molecule has 0 aliphatic heterocycles. The molecule has 0 aromatic carbocycles. The minimum absolute atomic E-state index is 0. The minimum atomic E-state index is 0. The van der Waals surface area contributed by atoms with E-state index in [4.69, 9.17) is 0 Å². The average molecular weight is 372 g/mol. The Balaban J connectivity index is 0. The van der Waals surface area contributed by atoms with Crippen LogP contribution in [0.5, 0.6) is 0 Å². The van der Waals surface area contributed by atoms with Gasteiger partial charge in [0.25, 0.3) is 0 Å². The van der Waals surface area contributed by atoms with Crippen LogP contribution in [0, 0.1) is 0 Å². The Kier molecular flexibility index (Phi) is 179. The van der Waals surface area contributed by atoms with Gasteiger partial charge in [-0.05, 0) is 0 Å². The first-order chi connectivity index (χ1) is 0. The largest absolute Gasteiger partial charge is 0.412 e. The van der Waals surface area contributed by atoms with Crippen LogP contribution in [0.1, 0.15) is 0 Å². The zero-order chi connectivity index (χ0) is 0. The summed E-state index contributed by atoms with van der Waals surface area (Å²) in [4.78, 5) is 0. The van der Waals surface area contributed by atoms with Crippen LogP contribution in [0.25, 0.3) is 0 Å². The van der Waals surface area contributed by atoms with Crippen LogP contribution < -0.4 is 0 Å². The van der Waals surface area contributed by atoms with Crippen molar-refractivity contribution >= 4 is 25.8 Å². The Morgan fingerprint density at radius 3 is 1.00 bits per heavy atom. The van der Waals surface area contributed by atoms with Gasteiger partial charge < -0.3 is 5.48 Å². The summed E-state index contributed by atoms with van der Waals surface area (Å²) < 4.78 is 0. The maximum absolute atomic E-state index is 0. The maximum Gasteiger partial charge on any atom is 0 e. The van der Waals surface area contributed by atoms with Crippen molar-refractivity contribution in [2.45, 2.75) is 0 Å². The van der Waals surface area contributed by atoms with Gasteiger partial charge in [-0.25, -0.2) is 0 Å². The molecule has 0 bridgehead atoms. The molecule has 0 aliphatic carbocycles. The van der Waals surface area contributed by atoms with Crippen LogP contribution in [0.15, 0.2) is 0 Å². The van der Waals surface area contributed by atoms with Gasteiger partial charge in [-0.15, -0.1) is 0 Å². The van der Waals surface area contributed by atoms with E-state index in [1.54, 1.807) is 0 Å². The fourth-order valence-electron chi connectivity index (χ4n) is 0. The molecule has 0 atom stereocenters. The van der Waals surface area contributed by atoms with Crippen molar-refractivity contribution in [3.05, 3.63) is 0 Å². The molecular formula is H2InNiOTa. The summed E-state index contributed by atoms with van der Waals surface area (Å²) in [5, 5.41) is 0. The number of rotatable bonds is 0. The Bertz CT molecular complexity index is 8.00. The average Bonchev–Trinajstić information content (AvgIpc) is 0. The van der Waals surface area contributed by atoms with Crippen LogP contribution in [0.4, 0.5) is 0 Å². The monoisotopic (exact) mass is 372 g/mol. The summed E-state index contributed by atoms with van der Waals surface area (Å²) in [7, 11) is 0. The molecular weight excluding hydrogens is 370 g/mol. The van der Waals surface area contributed by atoms with Gasteiger partial charge in [-0.2, -0.15) is 0 Å². The summed E-state index contributed by atoms with van der Waals surface area (Å²) in [6.07, 6.45) is 0. The summed E-state index contributed by atoms with van der Waals surface area (Å²) in [5.41, 5.74) is 0. The molecule has 0 aromatic heterocycles. The summed E-state index contributed by atoms with van der Waals surface area (Å²) in [6.45, 7) is 0. The predicted molar refractivity (Wildman–Crippen MR) is 9.37 cm³/mol. The van der Waals surface area contributed by atoms with Crippen LogP contribution in [-0.4, -0.2) is 31.3 Å². The van der Waals surface area contributed by atoms with Crippen molar-refractivity contribution < 1.29 is 44.3 Å². The van der Waals surface area contributed by atoms with Crippen LogP contribution in [0.3, 0.4) is 0 Å². The van der Waals surface area contributed by atoms with Crippen molar-refractivity contribution in [3.8, 4) is 0 Å². The molecule has 0 spiro atoms. The van der Waals surface area contributed by atoms with Crippen molar-refractivity contribution in [1.29, 1.82) is 0 Å². The van der Waals surface area contributed by atoms with Crippen LogP contribution >= 0.6 is 0 Å². The van der Waals surface area contributed by atoms with Crippen LogP contribution in [-0.2, 0) is 38.9 Å². The van der Waals surface area contributed by atoms with E-state index >= 15 is 0 Å². The Morgan fingerprint density at radius 2 is 1.00 bits per heavy atom. The first-order valence-electron chi connectivity index (χ1n) is 0. The number of hydrogen-bond acceptors (Lipinski definition) is 0. The Labute approximate surface area is 69.4 Å². The van der Waals surface area contributed by atoms with E-state index in [0.717, 1.165) is 0 Å². The molecule has 1 nitrogen and oxygen atoms in total. The van der Waals surface area contributed by atoms with E-state index < -0.39 is 0 Å². The van der Waals surface area contributed by atoms with E-state index in [1.807, 2.05) is 0 Å². The standard InChI is InChI=1S/In.Ni.H2O.Ta/h;;1H2;. The van der Waals surface area contributed by atoms with E-state index in [1.165, 1.54) is 0 Å². The summed E-state index contributed by atoms with van der Waals surface area (Å²) in [5.74, 6) is 0. The molecule has 26 valence electrons. The van der Waals surface area contributed by atoms with Gasteiger partial charge in [0.2, 0.25) is 0 Å². The van der Waals surface area contributed by atoms with Gasteiger partial charge in [-0.1, -0.05) is 0 Å². The molecule has 0 saturated carbocycles. The van der Waals surface area contributed by atoms with E-state index in [9.17, 15) is 0 Å². The van der Waals surface area contributed by atoms with Crippen molar-refractivity contribution in [2.75, 3.05) is 0 Å². The van der Waals surface area contributed by atoms with Gasteiger partial charge in [0.1, 0.15) is 0 Å². The normalized spacial score (nSPS) is 0. The van der Waals surface area contributed by atoms with Crippen LogP contribution in [0.2, 0.25) is 0 Å². The molecule has 4 radical (unpaired) electrons. The molecule has 2 N–H and O–H groups in total. The molecule has 0 rings (SSSR count). The van der Waals surface area contributed by atoms with Gasteiger partial charge in [0.15, 0.2) is 0 Å². The molecule has 4 heteroatoms. The Hall–Kier alpha value is 2.06. The molecule has 0 saturated heterocycles. The van der Waals surface area contributed by atoms with E-state index in [0.29, 0.717) is 0 Å². The number of hydrogen-bond donors (Lipinski definition) is 0. The molecule has 0 aromatic rings. The maximum atomic E-state index is 0. The molecule has 0 unspecified atom stereocenters. The fourth-order valence-corrected chi connectivity index (χ4v) is 0. The van der Waals surface area contributed by atoms with Crippen molar-refractivity contribution in [3.63, 3.8) is 0 Å². The minimum Gasteiger partial charge on any atom is -0.412 e. The van der Waals surface area contributed by atoms with E-state index in [2.05, 4.69) is 0 Å². The molecule has 0 heterocycles. The molecule has 4 heavy (non-hydrogen) atoms. The smallest absolute Gasteiger partial charge is 0 e.